The van der Waals surface area contributed by atoms with Crippen LogP contribution in [0.3, 0.4) is 0 Å². The number of carbonyl (C=O) groups is 1. The van der Waals surface area contributed by atoms with Gasteiger partial charge < -0.3 is 10.1 Å². The Morgan fingerprint density at radius 3 is 2.86 bits per heavy atom. The van der Waals surface area contributed by atoms with Gasteiger partial charge in [-0.05, 0) is 25.5 Å². The summed E-state index contributed by atoms with van der Waals surface area (Å²) in [6.45, 7) is 5.14. The molecule has 0 aliphatic rings. The fraction of sp³-hybridized carbons (Fsp3) is 0.438. The highest BCUT2D eigenvalue weighted by Gasteiger charge is 2.15. The van der Waals surface area contributed by atoms with Gasteiger partial charge in [0.1, 0.15) is 17.9 Å². The quantitative estimate of drug-likeness (QED) is 0.812. The van der Waals surface area contributed by atoms with Crippen molar-refractivity contribution in [2.75, 3.05) is 6.61 Å². The van der Waals surface area contributed by atoms with E-state index in [1.54, 1.807) is 0 Å². The molecule has 0 bridgehead atoms. The molecular weight excluding hydrogens is 280 g/mol. The first-order valence-corrected chi connectivity index (χ1v) is 7.55. The van der Waals surface area contributed by atoms with Crippen LogP contribution in [0.2, 0.25) is 0 Å². The Balaban J connectivity index is 1.77. The Labute approximate surface area is 130 Å². The molecule has 0 unspecified atom stereocenters. The van der Waals surface area contributed by atoms with E-state index in [-0.39, 0.29) is 11.9 Å². The lowest BCUT2D eigenvalue weighted by Gasteiger charge is -2.14. The van der Waals surface area contributed by atoms with Gasteiger partial charge in [0, 0.05) is 6.54 Å². The van der Waals surface area contributed by atoms with E-state index in [1.165, 1.54) is 6.33 Å². The lowest BCUT2D eigenvalue weighted by molar-refractivity contribution is -0.122. The summed E-state index contributed by atoms with van der Waals surface area (Å²) in [5.41, 5.74) is 0. The predicted molar refractivity (Wildman–Crippen MR) is 83.4 cm³/mol. The van der Waals surface area contributed by atoms with Crippen molar-refractivity contribution in [3.8, 4) is 5.75 Å². The number of nitrogens with zero attached hydrogens (tertiary/aromatic N) is 3. The number of amides is 1. The first-order valence-electron chi connectivity index (χ1n) is 7.55. The zero-order valence-corrected chi connectivity index (χ0v) is 13.0. The highest BCUT2D eigenvalue weighted by Crippen LogP contribution is 2.10. The maximum absolute atomic E-state index is 12.0. The van der Waals surface area contributed by atoms with Gasteiger partial charge in [0.05, 0.1) is 19.1 Å². The first kappa shape index (κ1) is 16.0. The van der Waals surface area contributed by atoms with E-state index >= 15 is 0 Å². The highest BCUT2D eigenvalue weighted by molar-refractivity contribution is 5.76. The third-order valence-electron chi connectivity index (χ3n) is 3.19. The van der Waals surface area contributed by atoms with Crippen LogP contribution in [0.1, 0.15) is 38.6 Å². The molecule has 1 aromatic carbocycles. The molecule has 2 rings (SSSR count). The smallest absolute Gasteiger partial charge is 0.224 e. The van der Waals surface area contributed by atoms with E-state index in [4.69, 9.17) is 4.74 Å². The highest BCUT2D eigenvalue weighted by atomic mass is 16.5. The molecule has 22 heavy (non-hydrogen) atoms. The van der Waals surface area contributed by atoms with Gasteiger partial charge in [-0.15, -0.1) is 0 Å². The SMILES string of the molecule is CCCn1ncnc1[C@H](C)NC(=O)CCOc1ccccc1. The van der Waals surface area contributed by atoms with Crippen molar-refractivity contribution in [2.45, 2.75) is 39.3 Å². The molecule has 2 aromatic rings. The minimum Gasteiger partial charge on any atom is -0.493 e. The zero-order chi connectivity index (χ0) is 15.8. The zero-order valence-electron chi connectivity index (χ0n) is 13.0. The molecule has 1 atom stereocenters. The van der Waals surface area contributed by atoms with Gasteiger partial charge in [-0.1, -0.05) is 25.1 Å². The lowest BCUT2D eigenvalue weighted by atomic mass is 10.3. The van der Waals surface area contributed by atoms with Crippen molar-refractivity contribution in [1.82, 2.24) is 20.1 Å². The molecule has 6 heteroatoms. The summed E-state index contributed by atoms with van der Waals surface area (Å²) in [5, 5.41) is 7.09. The fourth-order valence-corrected chi connectivity index (χ4v) is 2.15. The molecule has 1 N–H and O–H groups in total. The van der Waals surface area contributed by atoms with Crippen molar-refractivity contribution < 1.29 is 9.53 Å². The number of carbonyl (C=O) groups excluding carboxylic acids is 1. The van der Waals surface area contributed by atoms with Crippen molar-refractivity contribution in [3.05, 3.63) is 42.5 Å². The van der Waals surface area contributed by atoms with E-state index in [0.717, 1.165) is 24.5 Å². The third-order valence-corrected chi connectivity index (χ3v) is 3.19. The summed E-state index contributed by atoms with van der Waals surface area (Å²) in [4.78, 5) is 16.2. The van der Waals surface area contributed by atoms with Gasteiger partial charge in [-0.25, -0.2) is 9.67 Å². The van der Waals surface area contributed by atoms with E-state index in [2.05, 4.69) is 22.3 Å². The van der Waals surface area contributed by atoms with Gasteiger partial charge in [-0.3, -0.25) is 4.79 Å². The van der Waals surface area contributed by atoms with Crippen molar-refractivity contribution in [3.63, 3.8) is 0 Å². The number of nitrogens with one attached hydrogen (secondary N) is 1. The largest absolute Gasteiger partial charge is 0.493 e. The summed E-state index contributed by atoms with van der Waals surface area (Å²) < 4.78 is 7.34. The van der Waals surface area contributed by atoms with E-state index < -0.39 is 0 Å². The number of para-hydroxylation sites is 1. The van der Waals surface area contributed by atoms with Crippen LogP contribution in [0.15, 0.2) is 36.7 Å². The summed E-state index contributed by atoms with van der Waals surface area (Å²) >= 11 is 0. The average Bonchev–Trinajstić information content (AvgIpc) is 2.97. The molecule has 0 fully saturated rings. The maximum Gasteiger partial charge on any atom is 0.224 e. The summed E-state index contributed by atoms with van der Waals surface area (Å²) in [6.07, 6.45) is 2.80. The molecule has 1 aromatic heterocycles. The van der Waals surface area contributed by atoms with E-state index in [0.29, 0.717) is 13.0 Å². The normalized spacial score (nSPS) is 11.9. The molecule has 0 aliphatic heterocycles. The molecule has 6 nitrogen and oxygen atoms in total. The average molecular weight is 302 g/mol. The van der Waals surface area contributed by atoms with Crippen LogP contribution >= 0.6 is 0 Å². The van der Waals surface area contributed by atoms with Gasteiger partial charge in [-0.2, -0.15) is 5.10 Å². The molecule has 0 radical (unpaired) electrons. The van der Waals surface area contributed by atoms with Crippen molar-refractivity contribution in [1.29, 1.82) is 0 Å². The lowest BCUT2D eigenvalue weighted by Crippen LogP contribution is -2.30. The van der Waals surface area contributed by atoms with Gasteiger partial charge in [0.15, 0.2) is 0 Å². The number of rotatable bonds is 8. The monoisotopic (exact) mass is 302 g/mol. The Bertz CT molecular complexity index is 583. The van der Waals surface area contributed by atoms with Gasteiger partial charge >= 0.3 is 0 Å². The molecule has 0 spiro atoms. The summed E-state index contributed by atoms with van der Waals surface area (Å²) in [6, 6.07) is 9.30. The van der Waals surface area contributed by atoms with E-state index in [9.17, 15) is 4.79 Å². The summed E-state index contributed by atoms with van der Waals surface area (Å²) in [5.74, 6) is 1.49. The Hall–Kier alpha value is -2.37. The molecule has 1 amide bonds. The Kier molecular flexibility index (Phi) is 5.94. The standard InChI is InChI=1S/C16H22N4O2/c1-3-10-20-16(17-12-18-20)13(2)19-15(21)9-11-22-14-7-5-4-6-8-14/h4-8,12-13H,3,9-11H2,1-2H3,(H,19,21)/t13-/m0/s1. The van der Waals surface area contributed by atoms with Crippen LogP contribution in [0.25, 0.3) is 0 Å². The Morgan fingerprint density at radius 2 is 2.14 bits per heavy atom. The number of hydrogen-bond donors (Lipinski definition) is 1. The second-order valence-electron chi connectivity index (χ2n) is 5.04. The van der Waals surface area contributed by atoms with Gasteiger partial charge in [0.2, 0.25) is 5.91 Å². The molecule has 118 valence electrons. The third kappa shape index (κ3) is 4.58. The maximum atomic E-state index is 12.0. The number of aromatic nitrogens is 3. The van der Waals surface area contributed by atoms with Crippen molar-refractivity contribution >= 4 is 5.91 Å². The van der Waals surface area contributed by atoms with Crippen LogP contribution in [0.4, 0.5) is 0 Å². The summed E-state index contributed by atoms with van der Waals surface area (Å²) in [7, 11) is 0. The van der Waals surface area contributed by atoms with Gasteiger partial charge in [0.25, 0.3) is 0 Å². The molecule has 0 aliphatic carbocycles. The van der Waals surface area contributed by atoms with E-state index in [1.807, 2.05) is 41.9 Å². The fourth-order valence-electron chi connectivity index (χ4n) is 2.15. The second-order valence-corrected chi connectivity index (χ2v) is 5.04. The number of hydrogen-bond acceptors (Lipinski definition) is 4. The van der Waals surface area contributed by atoms with Crippen LogP contribution in [-0.4, -0.2) is 27.3 Å². The van der Waals surface area contributed by atoms with Crippen LogP contribution in [0.5, 0.6) is 5.75 Å². The topological polar surface area (TPSA) is 69.0 Å². The predicted octanol–water partition coefficient (Wildman–Crippen LogP) is 2.33. The van der Waals surface area contributed by atoms with Crippen molar-refractivity contribution in [2.24, 2.45) is 0 Å². The molecule has 1 heterocycles. The molecule has 0 saturated carbocycles. The number of benzene rings is 1. The molecule has 0 saturated heterocycles. The van der Waals surface area contributed by atoms with Crippen LogP contribution < -0.4 is 10.1 Å². The minimum absolute atomic E-state index is 0.0607. The Morgan fingerprint density at radius 1 is 1.36 bits per heavy atom. The second kappa shape index (κ2) is 8.17. The molecular formula is C16H22N4O2. The van der Waals surface area contributed by atoms with Crippen LogP contribution in [0, 0.1) is 0 Å². The first-order chi connectivity index (χ1) is 10.7. The number of aryl methyl sites for hydroxylation is 1. The minimum atomic E-state index is -0.168. The van der Waals surface area contributed by atoms with Crippen LogP contribution in [-0.2, 0) is 11.3 Å². The number of ether oxygens (including phenoxy) is 1.